The van der Waals surface area contributed by atoms with Crippen molar-refractivity contribution < 1.29 is 31.9 Å². The van der Waals surface area contributed by atoms with Gasteiger partial charge in [0.2, 0.25) is 21.8 Å². The van der Waals surface area contributed by atoms with Crippen LogP contribution in [-0.4, -0.2) is 56.9 Å². The van der Waals surface area contributed by atoms with Gasteiger partial charge >= 0.3 is 0 Å². The smallest absolute Gasteiger partial charge is 0.246 e. The monoisotopic (exact) mass is 491 g/mol. The van der Waals surface area contributed by atoms with Crippen molar-refractivity contribution in [1.82, 2.24) is 9.62 Å². The van der Waals surface area contributed by atoms with Crippen molar-refractivity contribution in [3.8, 4) is 11.5 Å². The number of benzene rings is 2. The van der Waals surface area contributed by atoms with E-state index in [2.05, 4.69) is 10.6 Å². The molecule has 9 nitrogen and oxygen atoms in total. The SMILES string of the molecule is C[C@H](NC(=O)C1CCCN(S(=O)(=O)c2ccc(F)cc2)C1)C(=O)Nc1ccc2c(c1)OCCO2. The van der Waals surface area contributed by atoms with Crippen LogP contribution >= 0.6 is 0 Å². The van der Waals surface area contributed by atoms with Gasteiger partial charge in [0.25, 0.3) is 0 Å². The Bertz CT molecular complexity index is 1170. The van der Waals surface area contributed by atoms with E-state index in [-0.39, 0.29) is 18.0 Å². The summed E-state index contributed by atoms with van der Waals surface area (Å²) >= 11 is 0. The van der Waals surface area contributed by atoms with Crippen LogP contribution in [-0.2, 0) is 19.6 Å². The number of sulfonamides is 1. The molecule has 1 unspecified atom stereocenters. The summed E-state index contributed by atoms with van der Waals surface area (Å²) < 4.78 is 51.2. The Balaban J connectivity index is 1.35. The number of ether oxygens (including phenoxy) is 2. The van der Waals surface area contributed by atoms with Crippen molar-refractivity contribution in [1.29, 1.82) is 0 Å². The van der Waals surface area contributed by atoms with E-state index in [0.29, 0.717) is 43.2 Å². The van der Waals surface area contributed by atoms with Crippen molar-refractivity contribution in [2.24, 2.45) is 5.92 Å². The molecular weight excluding hydrogens is 465 g/mol. The second-order valence-corrected chi connectivity index (χ2v) is 10.2. The number of amides is 2. The lowest BCUT2D eigenvalue weighted by atomic mass is 9.98. The van der Waals surface area contributed by atoms with Gasteiger partial charge in [0.05, 0.1) is 10.8 Å². The molecule has 1 saturated heterocycles. The van der Waals surface area contributed by atoms with Gasteiger partial charge in [-0.1, -0.05) is 0 Å². The Morgan fingerprint density at radius 2 is 1.79 bits per heavy atom. The minimum atomic E-state index is -3.85. The fraction of sp³-hybridized carbons (Fsp3) is 0.391. The van der Waals surface area contributed by atoms with E-state index in [1.807, 2.05) is 0 Å². The third-order valence-electron chi connectivity index (χ3n) is 5.77. The van der Waals surface area contributed by atoms with E-state index >= 15 is 0 Å². The Hall–Kier alpha value is -3.18. The molecular formula is C23H26FN3O6S. The lowest BCUT2D eigenvalue weighted by molar-refractivity contribution is -0.129. The maximum absolute atomic E-state index is 13.2. The van der Waals surface area contributed by atoms with Gasteiger partial charge in [0.1, 0.15) is 25.1 Å². The van der Waals surface area contributed by atoms with E-state index in [1.165, 1.54) is 16.4 Å². The molecule has 2 aliphatic rings. The number of piperidine rings is 1. The summed E-state index contributed by atoms with van der Waals surface area (Å²) in [5, 5.41) is 5.41. The summed E-state index contributed by atoms with van der Waals surface area (Å²) in [6, 6.07) is 8.78. The standard InChI is InChI=1S/C23H26FN3O6S/c1-15(22(28)26-18-6-9-20-21(13-18)33-12-11-32-20)25-23(29)16-3-2-10-27(14-16)34(30,31)19-7-4-17(24)5-8-19/h4-9,13,15-16H,2-3,10-12,14H2,1H3,(H,25,29)(H,26,28)/t15-,16?/m0/s1. The maximum Gasteiger partial charge on any atom is 0.246 e. The van der Waals surface area contributed by atoms with Crippen LogP contribution < -0.4 is 20.1 Å². The molecule has 0 bridgehead atoms. The second kappa shape index (κ2) is 9.98. The van der Waals surface area contributed by atoms with Crippen LogP contribution in [0.4, 0.5) is 10.1 Å². The molecule has 2 aromatic rings. The Kier molecular flexibility index (Phi) is 7.03. The lowest BCUT2D eigenvalue weighted by Gasteiger charge is -2.31. The van der Waals surface area contributed by atoms with Crippen LogP contribution in [0, 0.1) is 11.7 Å². The molecule has 2 heterocycles. The van der Waals surface area contributed by atoms with Crippen LogP contribution in [0.2, 0.25) is 0 Å². The van der Waals surface area contributed by atoms with Crippen molar-refractivity contribution in [2.45, 2.75) is 30.7 Å². The summed E-state index contributed by atoms with van der Waals surface area (Å²) in [5.41, 5.74) is 0.504. The molecule has 2 amide bonds. The fourth-order valence-electron chi connectivity index (χ4n) is 3.90. The van der Waals surface area contributed by atoms with E-state index in [4.69, 9.17) is 9.47 Å². The summed E-state index contributed by atoms with van der Waals surface area (Å²) in [6.45, 7) is 2.70. The molecule has 4 rings (SSSR count). The third kappa shape index (κ3) is 5.31. The molecule has 2 atom stereocenters. The molecule has 1 fully saturated rings. The normalized spacial score (nSPS) is 19.2. The highest BCUT2D eigenvalue weighted by atomic mass is 32.2. The zero-order valence-corrected chi connectivity index (χ0v) is 19.4. The van der Waals surface area contributed by atoms with Crippen molar-refractivity contribution >= 4 is 27.5 Å². The number of rotatable bonds is 6. The first-order chi connectivity index (χ1) is 16.2. The number of carbonyl (C=O) groups excluding carboxylic acids is 2. The number of hydrogen-bond acceptors (Lipinski definition) is 6. The van der Waals surface area contributed by atoms with Gasteiger partial charge in [-0.3, -0.25) is 9.59 Å². The number of anilines is 1. The molecule has 0 radical (unpaired) electrons. The summed E-state index contributed by atoms with van der Waals surface area (Å²) in [4.78, 5) is 25.4. The van der Waals surface area contributed by atoms with E-state index in [1.54, 1.807) is 25.1 Å². The van der Waals surface area contributed by atoms with Gasteiger partial charge in [0, 0.05) is 24.8 Å². The van der Waals surface area contributed by atoms with Gasteiger partial charge in [-0.2, -0.15) is 4.31 Å². The zero-order chi connectivity index (χ0) is 24.3. The molecule has 0 aromatic heterocycles. The minimum absolute atomic E-state index is 0.0119. The highest BCUT2D eigenvalue weighted by Gasteiger charge is 2.34. The maximum atomic E-state index is 13.2. The average Bonchev–Trinajstić information content (AvgIpc) is 2.84. The summed E-state index contributed by atoms with van der Waals surface area (Å²) in [7, 11) is -3.85. The van der Waals surface area contributed by atoms with Crippen LogP contribution in [0.15, 0.2) is 47.4 Å². The minimum Gasteiger partial charge on any atom is -0.486 e. The number of hydrogen-bond donors (Lipinski definition) is 2. The van der Waals surface area contributed by atoms with E-state index in [0.717, 1.165) is 12.1 Å². The Labute approximate surface area is 197 Å². The van der Waals surface area contributed by atoms with Gasteiger partial charge in [0.15, 0.2) is 11.5 Å². The van der Waals surface area contributed by atoms with Gasteiger partial charge in [-0.05, 0) is 56.2 Å². The first-order valence-corrected chi connectivity index (χ1v) is 12.4. The highest BCUT2D eigenvalue weighted by molar-refractivity contribution is 7.89. The average molecular weight is 492 g/mol. The van der Waals surface area contributed by atoms with Crippen molar-refractivity contribution in [3.05, 3.63) is 48.3 Å². The van der Waals surface area contributed by atoms with Gasteiger partial charge in [-0.25, -0.2) is 12.8 Å². The van der Waals surface area contributed by atoms with Gasteiger partial charge < -0.3 is 20.1 Å². The number of halogens is 1. The first kappa shape index (κ1) is 24.0. The second-order valence-electron chi connectivity index (χ2n) is 8.23. The fourth-order valence-corrected chi connectivity index (χ4v) is 5.42. The quantitative estimate of drug-likeness (QED) is 0.640. The van der Waals surface area contributed by atoms with Crippen molar-refractivity contribution in [2.75, 3.05) is 31.6 Å². The topological polar surface area (TPSA) is 114 Å². The van der Waals surface area contributed by atoms with Crippen LogP contribution in [0.5, 0.6) is 11.5 Å². The Morgan fingerprint density at radius 3 is 2.53 bits per heavy atom. The summed E-state index contributed by atoms with van der Waals surface area (Å²) in [6.07, 6.45) is 0.994. The number of nitrogens with one attached hydrogen (secondary N) is 2. The van der Waals surface area contributed by atoms with Crippen LogP contribution in [0.1, 0.15) is 19.8 Å². The predicted octanol–water partition coefficient (Wildman–Crippen LogP) is 2.14. The van der Waals surface area contributed by atoms with E-state index < -0.39 is 39.6 Å². The molecule has 0 aliphatic carbocycles. The molecule has 2 aliphatic heterocycles. The zero-order valence-electron chi connectivity index (χ0n) is 18.6. The molecule has 2 N–H and O–H groups in total. The molecule has 0 spiro atoms. The van der Waals surface area contributed by atoms with E-state index in [9.17, 15) is 22.4 Å². The highest BCUT2D eigenvalue weighted by Crippen LogP contribution is 2.32. The molecule has 2 aromatic carbocycles. The molecule has 34 heavy (non-hydrogen) atoms. The predicted molar refractivity (Wildman–Crippen MR) is 122 cm³/mol. The van der Waals surface area contributed by atoms with Crippen LogP contribution in [0.25, 0.3) is 0 Å². The number of carbonyl (C=O) groups is 2. The molecule has 182 valence electrons. The van der Waals surface area contributed by atoms with Crippen LogP contribution in [0.3, 0.4) is 0 Å². The largest absolute Gasteiger partial charge is 0.486 e. The third-order valence-corrected chi connectivity index (χ3v) is 7.65. The lowest BCUT2D eigenvalue weighted by Crippen LogP contribution is -2.49. The van der Waals surface area contributed by atoms with Crippen molar-refractivity contribution in [3.63, 3.8) is 0 Å². The summed E-state index contributed by atoms with van der Waals surface area (Å²) in [5.74, 6) is -0.819. The number of fused-ring (bicyclic) bond motifs is 1. The van der Waals surface area contributed by atoms with Gasteiger partial charge in [-0.15, -0.1) is 0 Å². The number of nitrogens with zero attached hydrogens (tertiary/aromatic N) is 1. The molecule has 0 saturated carbocycles. The Morgan fingerprint density at radius 1 is 1.09 bits per heavy atom. The first-order valence-electron chi connectivity index (χ1n) is 11.0. The molecule has 11 heteroatoms.